The average molecular weight is 326 g/mol. The van der Waals surface area contributed by atoms with Crippen LogP contribution in [-0.4, -0.2) is 61.6 Å². The van der Waals surface area contributed by atoms with E-state index in [0.717, 1.165) is 44.9 Å². The predicted molar refractivity (Wildman–Crippen MR) is 80.9 cm³/mol. The van der Waals surface area contributed by atoms with Gasteiger partial charge in [-0.3, -0.25) is 19.8 Å². The number of amides is 1. The van der Waals surface area contributed by atoms with Crippen molar-refractivity contribution in [1.29, 1.82) is 0 Å². The third-order valence-electron chi connectivity index (χ3n) is 3.45. The van der Waals surface area contributed by atoms with E-state index in [4.69, 9.17) is 4.74 Å². The smallest absolute Gasteiger partial charge is 0.305 e. The summed E-state index contributed by atoms with van der Waals surface area (Å²) < 4.78 is 18.5. The fourth-order valence-corrected chi connectivity index (χ4v) is 2.21. The second kappa shape index (κ2) is 8.39. The van der Waals surface area contributed by atoms with Crippen molar-refractivity contribution >= 4 is 11.6 Å². The van der Waals surface area contributed by atoms with Crippen molar-refractivity contribution in [3.8, 4) is 5.75 Å². The zero-order chi connectivity index (χ0) is 16.7. The molecule has 0 spiro atoms. The number of benzene rings is 1. The zero-order valence-corrected chi connectivity index (χ0v) is 12.6. The minimum Gasteiger partial charge on any atom is -0.484 e. The normalized spacial score (nSPS) is 15.2. The van der Waals surface area contributed by atoms with Gasteiger partial charge in [0.1, 0.15) is 5.75 Å². The number of halogens is 1. The number of nitrogens with zero attached hydrogens (tertiary/aromatic N) is 2. The van der Waals surface area contributed by atoms with E-state index in [0.29, 0.717) is 6.54 Å². The SMILES string of the molecule is O=C(COc1ccc([N+](=O)[O-])c(F)c1)NCCN1CCNCC1. The fraction of sp³-hybridized carbons (Fsp3) is 0.500. The van der Waals surface area contributed by atoms with E-state index < -0.39 is 16.4 Å². The summed E-state index contributed by atoms with van der Waals surface area (Å²) in [5.41, 5.74) is -0.627. The summed E-state index contributed by atoms with van der Waals surface area (Å²) in [4.78, 5) is 23.6. The number of hydrogen-bond acceptors (Lipinski definition) is 6. The Morgan fingerprint density at radius 1 is 1.43 bits per heavy atom. The quantitative estimate of drug-likeness (QED) is 0.546. The maximum absolute atomic E-state index is 13.4. The van der Waals surface area contributed by atoms with Gasteiger partial charge in [-0.2, -0.15) is 4.39 Å². The summed E-state index contributed by atoms with van der Waals surface area (Å²) >= 11 is 0. The summed E-state index contributed by atoms with van der Waals surface area (Å²) in [5.74, 6) is -1.24. The second-order valence-corrected chi connectivity index (χ2v) is 5.10. The number of ether oxygens (including phenoxy) is 1. The Bertz CT molecular complexity index is 564. The highest BCUT2D eigenvalue weighted by Crippen LogP contribution is 2.22. The number of piperazine rings is 1. The monoisotopic (exact) mass is 326 g/mol. The van der Waals surface area contributed by atoms with Gasteiger partial charge in [-0.15, -0.1) is 0 Å². The molecule has 2 N–H and O–H groups in total. The van der Waals surface area contributed by atoms with E-state index in [-0.39, 0.29) is 18.3 Å². The van der Waals surface area contributed by atoms with Crippen LogP contribution in [0.5, 0.6) is 5.75 Å². The summed E-state index contributed by atoms with van der Waals surface area (Å²) in [6.45, 7) is 4.81. The molecule has 0 atom stereocenters. The van der Waals surface area contributed by atoms with Gasteiger partial charge in [0.15, 0.2) is 6.61 Å². The molecule has 1 amide bonds. The third kappa shape index (κ3) is 5.46. The summed E-state index contributed by atoms with van der Waals surface area (Å²) in [7, 11) is 0. The van der Waals surface area contributed by atoms with Gasteiger partial charge in [-0.05, 0) is 6.07 Å². The molecule has 23 heavy (non-hydrogen) atoms. The van der Waals surface area contributed by atoms with Gasteiger partial charge >= 0.3 is 5.69 Å². The Labute approximate surface area is 132 Å². The van der Waals surface area contributed by atoms with Crippen molar-refractivity contribution in [3.05, 3.63) is 34.1 Å². The molecule has 126 valence electrons. The molecular formula is C14H19FN4O4. The van der Waals surface area contributed by atoms with E-state index in [2.05, 4.69) is 15.5 Å². The molecule has 1 fully saturated rings. The lowest BCUT2D eigenvalue weighted by atomic mass is 10.3. The van der Waals surface area contributed by atoms with E-state index in [1.54, 1.807) is 0 Å². The number of nitro benzene ring substituents is 1. The molecule has 1 aliphatic heterocycles. The molecular weight excluding hydrogens is 307 g/mol. The van der Waals surface area contributed by atoms with Crippen LogP contribution >= 0.6 is 0 Å². The van der Waals surface area contributed by atoms with Crippen molar-refractivity contribution in [2.24, 2.45) is 0 Å². The molecule has 2 rings (SSSR count). The number of nitro groups is 1. The Kier molecular flexibility index (Phi) is 6.24. The molecule has 1 aromatic rings. The minimum absolute atomic E-state index is 0.0744. The van der Waals surface area contributed by atoms with Crippen LogP contribution in [0.15, 0.2) is 18.2 Å². The lowest BCUT2D eigenvalue weighted by Gasteiger charge is -2.27. The van der Waals surface area contributed by atoms with Crippen LogP contribution in [-0.2, 0) is 4.79 Å². The van der Waals surface area contributed by atoms with Crippen LogP contribution < -0.4 is 15.4 Å². The van der Waals surface area contributed by atoms with Crippen LogP contribution in [0.4, 0.5) is 10.1 Å². The van der Waals surface area contributed by atoms with Gasteiger partial charge in [0.05, 0.1) is 4.92 Å². The number of carbonyl (C=O) groups excluding carboxylic acids is 1. The zero-order valence-electron chi connectivity index (χ0n) is 12.6. The number of rotatable bonds is 7. The van der Waals surface area contributed by atoms with E-state index >= 15 is 0 Å². The van der Waals surface area contributed by atoms with E-state index in [1.807, 2.05) is 0 Å². The van der Waals surface area contributed by atoms with Gasteiger partial charge < -0.3 is 15.4 Å². The minimum atomic E-state index is -0.994. The molecule has 1 aliphatic rings. The molecule has 0 radical (unpaired) electrons. The van der Waals surface area contributed by atoms with Gasteiger partial charge in [-0.1, -0.05) is 0 Å². The second-order valence-electron chi connectivity index (χ2n) is 5.10. The molecule has 1 heterocycles. The first-order valence-corrected chi connectivity index (χ1v) is 7.33. The third-order valence-corrected chi connectivity index (χ3v) is 3.45. The first-order valence-electron chi connectivity index (χ1n) is 7.33. The van der Waals surface area contributed by atoms with E-state index in [9.17, 15) is 19.3 Å². The molecule has 0 unspecified atom stereocenters. The lowest BCUT2D eigenvalue weighted by Crippen LogP contribution is -2.46. The van der Waals surface area contributed by atoms with Crippen molar-refractivity contribution in [2.75, 3.05) is 45.9 Å². The maximum Gasteiger partial charge on any atom is 0.305 e. The number of hydrogen-bond donors (Lipinski definition) is 2. The van der Waals surface area contributed by atoms with Crippen LogP contribution in [0.1, 0.15) is 0 Å². The first kappa shape index (κ1) is 17.1. The summed E-state index contributed by atoms with van der Waals surface area (Å²) in [6, 6.07) is 3.16. The largest absolute Gasteiger partial charge is 0.484 e. The molecule has 8 nitrogen and oxygen atoms in total. The predicted octanol–water partition coefficient (Wildman–Crippen LogP) is 0.134. The summed E-state index contributed by atoms with van der Waals surface area (Å²) in [6.07, 6.45) is 0. The molecule has 1 aromatic carbocycles. The number of nitrogens with one attached hydrogen (secondary N) is 2. The molecule has 0 saturated carbocycles. The Morgan fingerprint density at radius 2 is 2.17 bits per heavy atom. The highest BCUT2D eigenvalue weighted by Gasteiger charge is 2.15. The Balaban J connectivity index is 1.69. The highest BCUT2D eigenvalue weighted by molar-refractivity contribution is 5.77. The Morgan fingerprint density at radius 3 is 2.83 bits per heavy atom. The van der Waals surface area contributed by atoms with Gasteiger partial charge in [0.25, 0.3) is 5.91 Å². The highest BCUT2D eigenvalue weighted by atomic mass is 19.1. The molecule has 9 heteroatoms. The van der Waals surface area contributed by atoms with Gasteiger partial charge in [-0.25, -0.2) is 0 Å². The molecule has 0 aromatic heterocycles. The van der Waals surface area contributed by atoms with Crippen LogP contribution in [0.2, 0.25) is 0 Å². The van der Waals surface area contributed by atoms with Crippen molar-refractivity contribution in [3.63, 3.8) is 0 Å². The van der Waals surface area contributed by atoms with Crippen LogP contribution in [0, 0.1) is 15.9 Å². The average Bonchev–Trinajstić information content (AvgIpc) is 2.53. The summed E-state index contributed by atoms with van der Waals surface area (Å²) in [5, 5.41) is 16.5. The fourth-order valence-electron chi connectivity index (χ4n) is 2.21. The maximum atomic E-state index is 13.4. The van der Waals surface area contributed by atoms with Crippen molar-refractivity contribution in [2.45, 2.75) is 0 Å². The first-order chi connectivity index (χ1) is 11.1. The lowest BCUT2D eigenvalue weighted by molar-refractivity contribution is -0.387. The topological polar surface area (TPSA) is 96.7 Å². The Hall–Kier alpha value is -2.26. The molecule has 0 bridgehead atoms. The van der Waals surface area contributed by atoms with Crippen LogP contribution in [0.25, 0.3) is 0 Å². The number of carbonyl (C=O) groups is 1. The molecule has 0 aliphatic carbocycles. The molecule has 1 saturated heterocycles. The van der Waals surface area contributed by atoms with Crippen molar-refractivity contribution in [1.82, 2.24) is 15.5 Å². The van der Waals surface area contributed by atoms with Gasteiger partial charge in [0.2, 0.25) is 5.82 Å². The van der Waals surface area contributed by atoms with Gasteiger partial charge in [0, 0.05) is 51.4 Å². The van der Waals surface area contributed by atoms with Crippen LogP contribution in [0.3, 0.4) is 0 Å². The van der Waals surface area contributed by atoms with E-state index in [1.165, 1.54) is 6.07 Å². The van der Waals surface area contributed by atoms with Crippen molar-refractivity contribution < 1.29 is 18.8 Å². The standard InChI is InChI=1S/C14H19FN4O4/c15-12-9-11(1-2-13(12)19(21)22)23-10-14(20)17-5-8-18-6-3-16-4-7-18/h1-2,9,16H,3-8,10H2,(H,17,20).